The molecule has 1 aromatic heterocycles. The molecule has 1 aliphatic rings. The molecule has 0 aliphatic carbocycles. The maximum atomic E-state index is 13.6. The molecule has 3 rings (SSSR count). The summed E-state index contributed by atoms with van der Waals surface area (Å²) in [4.78, 5) is 4.69. The van der Waals surface area contributed by atoms with Gasteiger partial charge in [0, 0.05) is 25.7 Å². The zero-order chi connectivity index (χ0) is 17.3. The van der Waals surface area contributed by atoms with Crippen molar-refractivity contribution in [2.45, 2.75) is 25.9 Å². The first-order valence-corrected chi connectivity index (χ1v) is 7.72. The van der Waals surface area contributed by atoms with Gasteiger partial charge in [0.15, 0.2) is 0 Å². The lowest BCUT2D eigenvalue weighted by Gasteiger charge is -2.34. The fourth-order valence-electron chi connectivity index (χ4n) is 2.91. The molecule has 0 saturated heterocycles. The Labute approximate surface area is 137 Å². The maximum absolute atomic E-state index is 13.6. The van der Waals surface area contributed by atoms with E-state index in [2.05, 4.69) is 27.3 Å². The molecule has 24 heavy (non-hydrogen) atoms. The van der Waals surface area contributed by atoms with E-state index in [1.165, 1.54) is 11.1 Å². The molecule has 1 aromatic carbocycles. The van der Waals surface area contributed by atoms with Crippen LogP contribution in [0.25, 0.3) is 0 Å². The van der Waals surface area contributed by atoms with Crippen LogP contribution in [-0.2, 0) is 13.0 Å². The summed E-state index contributed by atoms with van der Waals surface area (Å²) in [6.07, 6.45) is 0.891. The first-order valence-electron chi connectivity index (χ1n) is 7.72. The summed E-state index contributed by atoms with van der Waals surface area (Å²) in [6, 6.07) is 8.03. The van der Waals surface area contributed by atoms with E-state index < -0.39 is 29.2 Å². The van der Waals surface area contributed by atoms with Crippen molar-refractivity contribution >= 4 is 5.69 Å². The normalized spacial score (nSPS) is 15.9. The van der Waals surface area contributed by atoms with Gasteiger partial charge >= 0.3 is 0 Å². The number of hydrogen-bond acceptors (Lipinski definition) is 3. The Balaban J connectivity index is 1.68. The molecule has 0 spiro atoms. The monoisotopic (exact) mass is 339 g/mol. The van der Waals surface area contributed by atoms with Gasteiger partial charge in [-0.2, -0.15) is 22.5 Å². The molecular weight excluding hydrogens is 322 g/mol. The Morgan fingerprint density at radius 1 is 1.08 bits per heavy atom. The minimum Gasteiger partial charge on any atom is -0.378 e. The van der Waals surface area contributed by atoms with Gasteiger partial charge in [0.25, 0.3) is 11.9 Å². The van der Waals surface area contributed by atoms with E-state index in [0.717, 1.165) is 19.5 Å². The highest BCUT2D eigenvalue weighted by Gasteiger charge is 2.23. The average molecular weight is 339 g/mol. The van der Waals surface area contributed by atoms with Gasteiger partial charge in [-0.15, -0.1) is 0 Å². The number of pyridine rings is 1. The second kappa shape index (κ2) is 6.76. The maximum Gasteiger partial charge on any atom is 0.253 e. The van der Waals surface area contributed by atoms with E-state index in [4.69, 9.17) is 0 Å². The summed E-state index contributed by atoms with van der Waals surface area (Å²) in [6.45, 7) is 3.58. The third-order valence-electron chi connectivity index (χ3n) is 4.36. The van der Waals surface area contributed by atoms with Gasteiger partial charge in [-0.1, -0.05) is 24.3 Å². The van der Waals surface area contributed by atoms with Crippen LogP contribution in [0.2, 0.25) is 0 Å². The molecule has 7 heteroatoms. The van der Waals surface area contributed by atoms with Gasteiger partial charge in [0.2, 0.25) is 11.6 Å². The summed E-state index contributed by atoms with van der Waals surface area (Å²) in [7, 11) is 0. The topological polar surface area (TPSA) is 28.2 Å². The van der Waals surface area contributed by atoms with Crippen molar-refractivity contribution in [1.82, 2.24) is 9.88 Å². The quantitative estimate of drug-likeness (QED) is 0.683. The van der Waals surface area contributed by atoms with E-state index in [1.54, 1.807) is 0 Å². The van der Waals surface area contributed by atoms with Gasteiger partial charge in [0.1, 0.15) is 5.69 Å². The second-order valence-corrected chi connectivity index (χ2v) is 5.92. The fraction of sp³-hybridized carbons (Fsp3) is 0.353. The number of nitrogens with zero attached hydrogens (tertiary/aromatic N) is 2. The van der Waals surface area contributed by atoms with Crippen LogP contribution in [0.1, 0.15) is 18.1 Å². The van der Waals surface area contributed by atoms with Crippen LogP contribution in [0.3, 0.4) is 0 Å². The molecule has 3 nitrogen and oxygen atoms in total. The Morgan fingerprint density at radius 3 is 2.38 bits per heavy atom. The zero-order valence-electron chi connectivity index (χ0n) is 13.1. The summed E-state index contributed by atoms with van der Waals surface area (Å²) < 4.78 is 53.5. The highest BCUT2D eigenvalue weighted by molar-refractivity contribution is 5.45. The summed E-state index contributed by atoms with van der Waals surface area (Å²) in [5.41, 5.74) is 1.70. The second-order valence-electron chi connectivity index (χ2n) is 5.92. The van der Waals surface area contributed by atoms with Crippen LogP contribution in [0.15, 0.2) is 24.3 Å². The van der Waals surface area contributed by atoms with Crippen LogP contribution in [0, 0.1) is 23.5 Å². The molecule has 2 aromatic rings. The SMILES string of the molecule is CC(CNc1c(F)c(F)nc(F)c1F)N1CCc2ccccc2C1. The van der Waals surface area contributed by atoms with Crippen molar-refractivity contribution in [3.05, 3.63) is 58.9 Å². The molecule has 0 bridgehead atoms. The Kier molecular flexibility index (Phi) is 4.71. The predicted octanol–water partition coefficient (Wildman–Crippen LogP) is 3.50. The van der Waals surface area contributed by atoms with Gasteiger partial charge in [-0.05, 0) is 24.5 Å². The smallest absolute Gasteiger partial charge is 0.253 e. The molecule has 1 atom stereocenters. The predicted molar refractivity (Wildman–Crippen MR) is 82.6 cm³/mol. The van der Waals surface area contributed by atoms with Crippen molar-refractivity contribution < 1.29 is 17.6 Å². The van der Waals surface area contributed by atoms with Crippen molar-refractivity contribution in [2.75, 3.05) is 18.4 Å². The molecule has 0 radical (unpaired) electrons. The molecule has 1 unspecified atom stereocenters. The molecule has 2 heterocycles. The van der Waals surface area contributed by atoms with Crippen molar-refractivity contribution in [2.24, 2.45) is 0 Å². The number of rotatable bonds is 4. The van der Waals surface area contributed by atoms with E-state index in [-0.39, 0.29) is 12.6 Å². The Hall–Kier alpha value is -2.15. The number of fused-ring (bicyclic) bond motifs is 1. The van der Waals surface area contributed by atoms with Crippen molar-refractivity contribution in [3.63, 3.8) is 0 Å². The zero-order valence-corrected chi connectivity index (χ0v) is 13.1. The average Bonchev–Trinajstić information content (AvgIpc) is 2.59. The lowest BCUT2D eigenvalue weighted by Crippen LogP contribution is -2.41. The minimum absolute atomic E-state index is 0.0727. The highest BCUT2D eigenvalue weighted by atomic mass is 19.2. The van der Waals surface area contributed by atoms with E-state index in [9.17, 15) is 17.6 Å². The van der Waals surface area contributed by atoms with E-state index in [1.807, 2.05) is 19.1 Å². The molecule has 1 aliphatic heterocycles. The van der Waals surface area contributed by atoms with Crippen molar-refractivity contribution in [1.29, 1.82) is 0 Å². The molecule has 1 N–H and O–H groups in total. The third-order valence-corrected chi connectivity index (χ3v) is 4.36. The van der Waals surface area contributed by atoms with Crippen LogP contribution >= 0.6 is 0 Å². The largest absolute Gasteiger partial charge is 0.378 e. The molecule has 0 amide bonds. The number of halogens is 4. The highest BCUT2D eigenvalue weighted by Crippen LogP contribution is 2.23. The molecule has 128 valence electrons. The van der Waals surface area contributed by atoms with E-state index >= 15 is 0 Å². The summed E-state index contributed by atoms with van der Waals surface area (Å²) in [5, 5.41) is 2.47. The standard InChI is InChI=1S/C17H17F4N3/c1-10(24-7-6-11-4-2-3-5-12(11)9-24)8-22-15-13(18)16(20)23-17(21)14(15)19/h2-5,10H,6-9H2,1H3,(H,22,23). The van der Waals surface area contributed by atoms with Crippen LogP contribution < -0.4 is 5.32 Å². The molecule has 0 saturated carbocycles. The fourth-order valence-corrected chi connectivity index (χ4v) is 2.91. The minimum atomic E-state index is -1.66. The van der Waals surface area contributed by atoms with Crippen LogP contribution in [-0.4, -0.2) is 29.0 Å². The van der Waals surface area contributed by atoms with Crippen molar-refractivity contribution in [3.8, 4) is 0 Å². The van der Waals surface area contributed by atoms with Gasteiger partial charge in [0.05, 0.1) is 0 Å². The van der Waals surface area contributed by atoms with Gasteiger partial charge in [-0.25, -0.2) is 0 Å². The number of aromatic nitrogens is 1. The van der Waals surface area contributed by atoms with Gasteiger partial charge < -0.3 is 5.32 Å². The first kappa shape index (κ1) is 16.7. The number of anilines is 1. The molecule has 0 fully saturated rings. The lowest BCUT2D eigenvalue weighted by molar-refractivity contribution is 0.198. The van der Waals surface area contributed by atoms with Crippen LogP contribution in [0.4, 0.5) is 23.2 Å². The lowest BCUT2D eigenvalue weighted by atomic mass is 9.99. The Bertz CT molecular complexity index is 725. The molecular formula is C17H17F4N3. The third kappa shape index (κ3) is 3.21. The number of hydrogen-bond donors (Lipinski definition) is 1. The number of nitrogens with one attached hydrogen (secondary N) is 1. The first-order chi connectivity index (χ1) is 11.5. The van der Waals surface area contributed by atoms with E-state index in [0.29, 0.717) is 0 Å². The summed E-state index contributed by atoms with van der Waals surface area (Å²) >= 11 is 0. The number of benzene rings is 1. The van der Waals surface area contributed by atoms with Crippen LogP contribution in [0.5, 0.6) is 0 Å². The Morgan fingerprint density at radius 2 is 1.71 bits per heavy atom. The summed E-state index contributed by atoms with van der Waals surface area (Å²) in [5.74, 6) is -6.33. The van der Waals surface area contributed by atoms with Gasteiger partial charge in [-0.3, -0.25) is 4.90 Å².